The molecule has 8 nitrogen and oxygen atoms in total. The summed E-state index contributed by atoms with van der Waals surface area (Å²) in [5, 5.41) is 0. The SMILES string of the molecule is C/C=C(\C)C(=O)OCC1=C2/C(=C\C3(C)CCC(OC)(O3)[C@H](C)C[C@@H]2OC(=O)/C(C)=C/C)OC1=O. The van der Waals surface area contributed by atoms with Gasteiger partial charge in [0.15, 0.2) is 5.79 Å². The van der Waals surface area contributed by atoms with E-state index in [4.69, 9.17) is 23.7 Å². The second kappa shape index (κ2) is 9.88. The van der Waals surface area contributed by atoms with Gasteiger partial charge in [-0.2, -0.15) is 0 Å². The van der Waals surface area contributed by atoms with E-state index in [2.05, 4.69) is 0 Å². The van der Waals surface area contributed by atoms with Crippen molar-refractivity contribution in [2.45, 2.75) is 78.3 Å². The van der Waals surface area contributed by atoms with E-state index >= 15 is 0 Å². The van der Waals surface area contributed by atoms with Gasteiger partial charge >= 0.3 is 17.9 Å². The Morgan fingerprint density at radius 1 is 1.15 bits per heavy atom. The molecule has 0 aliphatic carbocycles. The zero-order chi connectivity index (χ0) is 25.3. The molecule has 186 valence electrons. The van der Waals surface area contributed by atoms with E-state index in [9.17, 15) is 14.4 Å². The third-order valence-electron chi connectivity index (χ3n) is 6.94. The van der Waals surface area contributed by atoms with Crippen LogP contribution in [0.15, 0.2) is 46.3 Å². The van der Waals surface area contributed by atoms with Crippen LogP contribution in [0, 0.1) is 5.92 Å². The molecule has 0 spiro atoms. The van der Waals surface area contributed by atoms with Crippen molar-refractivity contribution in [1.29, 1.82) is 0 Å². The molecule has 34 heavy (non-hydrogen) atoms. The maximum Gasteiger partial charge on any atom is 0.343 e. The van der Waals surface area contributed by atoms with Gasteiger partial charge in [0.05, 0.1) is 11.2 Å². The summed E-state index contributed by atoms with van der Waals surface area (Å²) in [5.74, 6) is -2.47. The number of hydrogen-bond acceptors (Lipinski definition) is 8. The van der Waals surface area contributed by atoms with Gasteiger partial charge in [0.25, 0.3) is 0 Å². The van der Waals surface area contributed by atoms with E-state index in [1.807, 2.05) is 13.8 Å². The van der Waals surface area contributed by atoms with Crippen molar-refractivity contribution in [2.75, 3.05) is 13.7 Å². The van der Waals surface area contributed by atoms with E-state index < -0.39 is 35.4 Å². The number of esters is 3. The minimum Gasteiger partial charge on any atom is -0.457 e. The molecule has 0 aromatic carbocycles. The highest BCUT2D eigenvalue weighted by molar-refractivity contribution is 5.96. The van der Waals surface area contributed by atoms with Crippen molar-refractivity contribution < 1.29 is 38.1 Å². The number of ether oxygens (including phenoxy) is 5. The molecule has 0 amide bonds. The average molecular weight is 475 g/mol. The molecule has 3 rings (SSSR count). The summed E-state index contributed by atoms with van der Waals surface area (Å²) < 4.78 is 29.2. The number of hydrogen-bond donors (Lipinski definition) is 0. The van der Waals surface area contributed by atoms with Gasteiger partial charge in [0.1, 0.15) is 18.5 Å². The first-order valence-electron chi connectivity index (χ1n) is 11.6. The Kier molecular flexibility index (Phi) is 7.53. The number of carbonyl (C=O) groups is 3. The van der Waals surface area contributed by atoms with Gasteiger partial charge in [-0.3, -0.25) is 0 Å². The van der Waals surface area contributed by atoms with Crippen LogP contribution in [-0.2, 0) is 38.1 Å². The second-order valence-electron chi connectivity index (χ2n) is 9.27. The van der Waals surface area contributed by atoms with E-state index in [1.165, 1.54) is 0 Å². The minimum atomic E-state index is -0.870. The number of fused-ring (bicyclic) bond motifs is 3. The van der Waals surface area contributed by atoms with Crippen molar-refractivity contribution in [1.82, 2.24) is 0 Å². The Hall–Kier alpha value is -2.71. The van der Waals surface area contributed by atoms with Gasteiger partial charge in [-0.1, -0.05) is 19.1 Å². The molecule has 8 heteroatoms. The lowest BCUT2D eigenvalue weighted by atomic mass is 9.85. The van der Waals surface area contributed by atoms with Crippen LogP contribution >= 0.6 is 0 Å². The number of rotatable bonds is 6. The van der Waals surface area contributed by atoms with Crippen molar-refractivity contribution in [3.05, 3.63) is 46.3 Å². The van der Waals surface area contributed by atoms with Crippen LogP contribution in [0.5, 0.6) is 0 Å². The zero-order valence-corrected chi connectivity index (χ0v) is 21.0. The molecule has 0 radical (unpaired) electrons. The van der Waals surface area contributed by atoms with Crippen molar-refractivity contribution in [2.24, 2.45) is 5.92 Å². The zero-order valence-electron chi connectivity index (χ0n) is 21.0. The molecule has 0 N–H and O–H groups in total. The number of methoxy groups -OCH3 is 1. The smallest absolute Gasteiger partial charge is 0.343 e. The Bertz CT molecular complexity index is 1000. The van der Waals surface area contributed by atoms with Crippen LogP contribution in [0.4, 0.5) is 0 Å². The largest absolute Gasteiger partial charge is 0.457 e. The Labute approximate surface area is 200 Å². The molecule has 0 saturated carbocycles. The maximum absolute atomic E-state index is 12.9. The topological polar surface area (TPSA) is 97.4 Å². The summed E-state index contributed by atoms with van der Waals surface area (Å²) in [6.07, 6.45) is 5.82. The van der Waals surface area contributed by atoms with Gasteiger partial charge in [0.2, 0.25) is 0 Å². The molecule has 0 aromatic heterocycles. The van der Waals surface area contributed by atoms with Crippen molar-refractivity contribution >= 4 is 17.9 Å². The Morgan fingerprint density at radius 2 is 1.79 bits per heavy atom. The number of carbonyl (C=O) groups excluding carboxylic acids is 3. The van der Waals surface area contributed by atoms with E-state index in [0.717, 1.165) is 0 Å². The van der Waals surface area contributed by atoms with E-state index in [1.54, 1.807) is 53.0 Å². The summed E-state index contributed by atoms with van der Waals surface area (Å²) in [6, 6.07) is 0. The summed E-state index contributed by atoms with van der Waals surface area (Å²) in [7, 11) is 1.60. The van der Waals surface area contributed by atoms with Crippen LogP contribution < -0.4 is 0 Å². The lowest BCUT2D eigenvalue weighted by Crippen LogP contribution is -2.42. The van der Waals surface area contributed by atoms with Crippen LogP contribution in [0.25, 0.3) is 0 Å². The van der Waals surface area contributed by atoms with E-state index in [-0.39, 0.29) is 23.9 Å². The lowest BCUT2D eigenvalue weighted by molar-refractivity contribution is -0.255. The molecule has 3 aliphatic rings. The first kappa shape index (κ1) is 25.9. The van der Waals surface area contributed by atoms with Gasteiger partial charge in [-0.25, -0.2) is 14.4 Å². The molecule has 3 aliphatic heterocycles. The predicted molar refractivity (Wildman–Crippen MR) is 123 cm³/mol. The Balaban J connectivity index is 2.11. The average Bonchev–Trinajstić information content (AvgIpc) is 3.32. The van der Waals surface area contributed by atoms with Crippen LogP contribution in [-0.4, -0.2) is 49.1 Å². The highest BCUT2D eigenvalue weighted by atomic mass is 16.7. The fraction of sp³-hybridized carbons (Fsp3) is 0.577. The van der Waals surface area contributed by atoms with Crippen molar-refractivity contribution in [3.8, 4) is 0 Å². The molecule has 3 heterocycles. The monoisotopic (exact) mass is 474 g/mol. The van der Waals surface area contributed by atoms with Gasteiger partial charge < -0.3 is 23.7 Å². The molecule has 2 unspecified atom stereocenters. The van der Waals surface area contributed by atoms with Crippen LogP contribution in [0.2, 0.25) is 0 Å². The fourth-order valence-electron chi connectivity index (χ4n) is 4.50. The first-order chi connectivity index (χ1) is 16.0. The fourth-order valence-corrected chi connectivity index (χ4v) is 4.50. The summed E-state index contributed by atoms with van der Waals surface area (Å²) in [5.41, 5.74) is 0.661. The van der Waals surface area contributed by atoms with Gasteiger partial charge in [-0.05, 0) is 53.5 Å². The lowest BCUT2D eigenvalue weighted by Gasteiger charge is -2.36. The molecule has 1 fully saturated rings. The van der Waals surface area contributed by atoms with Crippen molar-refractivity contribution in [3.63, 3.8) is 0 Å². The summed E-state index contributed by atoms with van der Waals surface area (Å²) in [4.78, 5) is 37.9. The molecular weight excluding hydrogens is 440 g/mol. The highest BCUT2D eigenvalue weighted by Crippen LogP contribution is 2.49. The molecule has 0 aromatic rings. The van der Waals surface area contributed by atoms with Gasteiger partial charge in [0, 0.05) is 36.2 Å². The third-order valence-corrected chi connectivity index (χ3v) is 6.94. The number of allylic oxidation sites excluding steroid dienone is 2. The normalized spacial score (nSPS) is 33.3. The minimum absolute atomic E-state index is 0.152. The summed E-state index contributed by atoms with van der Waals surface area (Å²) in [6.45, 7) is 10.3. The van der Waals surface area contributed by atoms with Crippen LogP contribution in [0.1, 0.15) is 60.8 Å². The second-order valence-corrected chi connectivity index (χ2v) is 9.27. The van der Waals surface area contributed by atoms with Gasteiger partial charge in [-0.15, -0.1) is 0 Å². The molecular formula is C26H34O8. The molecule has 1 saturated heterocycles. The quantitative estimate of drug-likeness (QED) is 0.323. The molecule has 4 atom stereocenters. The Morgan fingerprint density at radius 3 is 2.41 bits per heavy atom. The molecule has 2 bridgehead atoms. The van der Waals surface area contributed by atoms with E-state index in [0.29, 0.717) is 36.0 Å². The highest BCUT2D eigenvalue weighted by Gasteiger charge is 2.53. The predicted octanol–water partition coefficient (Wildman–Crippen LogP) is 4.06. The standard InChI is InChI=1S/C26H34O8/c1-8-15(3)22(27)31-14-18-21-19(32-23(28)16(4)9-2)12-17(5)26(30-7)11-10-25(6,34-26)13-20(21)33-24(18)29/h8-9,13,17,19H,10-12,14H2,1-7H3/b15-8+,16-9+,20-13+/t17-,19+,25?,26?/m1/s1. The third kappa shape index (κ3) is 4.88. The summed E-state index contributed by atoms with van der Waals surface area (Å²) >= 11 is 0. The maximum atomic E-state index is 12.9. The van der Waals surface area contributed by atoms with Crippen LogP contribution in [0.3, 0.4) is 0 Å². The first-order valence-corrected chi connectivity index (χ1v) is 11.6.